The Morgan fingerprint density at radius 1 is 1.37 bits per heavy atom. The molecule has 0 bridgehead atoms. The van der Waals surface area contributed by atoms with Crippen molar-refractivity contribution < 1.29 is 0 Å². The Morgan fingerprint density at radius 3 is 2.89 bits per heavy atom. The van der Waals surface area contributed by atoms with Gasteiger partial charge in [0.25, 0.3) is 5.56 Å². The molecule has 0 saturated carbocycles. The standard InChI is InChI=1S/C14H13N3OS/c1-9-16-11(8-19-9)7-17-13(15)6-10-4-2-3-5-12(10)14(17)18/h2-6,8H,7,15H2,1H3. The molecule has 0 saturated heterocycles. The van der Waals surface area contributed by atoms with E-state index in [0.717, 1.165) is 16.1 Å². The molecule has 4 nitrogen and oxygen atoms in total. The number of nitrogen functional groups attached to an aromatic ring is 1. The number of hydrogen-bond acceptors (Lipinski definition) is 4. The zero-order chi connectivity index (χ0) is 13.4. The third-order valence-corrected chi connectivity index (χ3v) is 3.86. The average molecular weight is 271 g/mol. The fourth-order valence-corrected chi connectivity index (χ4v) is 2.73. The zero-order valence-corrected chi connectivity index (χ0v) is 11.3. The predicted octanol–water partition coefficient (Wildman–Crippen LogP) is 2.40. The minimum atomic E-state index is -0.0683. The van der Waals surface area contributed by atoms with E-state index in [1.165, 1.54) is 0 Å². The van der Waals surface area contributed by atoms with Crippen molar-refractivity contribution in [3.63, 3.8) is 0 Å². The molecule has 2 heterocycles. The van der Waals surface area contributed by atoms with E-state index < -0.39 is 0 Å². The topological polar surface area (TPSA) is 60.9 Å². The van der Waals surface area contributed by atoms with Crippen molar-refractivity contribution in [1.82, 2.24) is 9.55 Å². The summed E-state index contributed by atoms with van der Waals surface area (Å²) in [4.78, 5) is 16.8. The van der Waals surface area contributed by atoms with Crippen LogP contribution in [0.15, 0.2) is 40.5 Å². The van der Waals surface area contributed by atoms with E-state index in [0.29, 0.717) is 17.7 Å². The first-order valence-corrected chi connectivity index (χ1v) is 6.82. The number of nitrogens with two attached hydrogens (primary N) is 1. The molecule has 96 valence electrons. The van der Waals surface area contributed by atoms with Gasteiger partial charge < -0.3 is 5.73 Å². The maximum Gasteiger partial charge on any atom is 0.260 e. The number of pyridine rings is 1. The number of rotatable bonds is 2. The maximum atomic E-state index is 12.4. The van der Waals surface area contributed by atoms with Gasteiger partial charge in [0.2, 0.25) is 0 Å². The predicted molar refractivity (Wildman–Crippen MR) is 78.6 cm³/mol. The summed E-state index contributed by atoms with van der Waals surface area (Å²) in [7, 11) is 0. The summed E-state index contributed by atoms with van der Waals surface area (Å²) in [5.74, 6) is 0.467. The molecule has 0 aliphatic heterocycles. The number of nitrogens with zero attached hydrogens (tertiary/aromatic N) is 2. The molecular weight excluding hydrogens is 258 g/mol. The summed E-state index contributed by atoms with van der Waals surface area (Å²) in [6.45, 7) is 2.36. The van der Waals surface area contributed by atoms with Crippen LogP contribution in [0, 0.1) is 6.92 Å². The highest BCUT2D eigenvalue weighted by Crippen LogP contribution is 2.15. The van der Waals surface area contributed by atoms with Gasteiger partial charge >= 0.3 is 0 Å². The number of aryl methyl sites for hydroxylation is 1. The lowest BCUT2D eigenvalue weighted by Crippen LogP contribution is -2.23. The van der Waals surface area contributed by atoms with Crippen molar-refractivity contribution in [2.24, 2.45) is 0 Å². The number of anilines is 1. The lowest BCUT2D eigenvalue weighted by molar-refractivity contribution is 0.761. The Bertz CT molecular complexity index is 804. The third kappa shape index (κ3) is 2.13. The molecule has 0 spiro atoms. The Balaban J connectivity index is 2.15. The molecule has 0 amide bonds. The van der Waals surface area contributed by atoms with Crippen LogP contribution in [0.25, 0.3) is 10.8 Å². The highest BCUT2D eigenvalue weighted by Gasteiger charge is 2.08. The van der Waals surface area contributed by atoms with Crippen molar-refractivity contribution in [2.75, 3.05) is 5.73 Å². The lowest BCUT2D eigenvalue weighted by atomic mass is 10.1. The van der Waals surface area contributed by atoms with Gasteiger partial charge in [-0.25, -0.2) is 4.98 Å². The third-order valence-electron chi connectivity index (χ3n) is 3.04. The number of thiazole rings is 1. The summed E-state index contributed by atoms with van der Waals surface area (Å²) in [6.07, 6.45) is 0. The van der Waals surface area contributed by atoms with Gasteiger partial charge in [-0.15, -0.1) is 11.3 Å². The smallest absolute Gasteiger partial charge is 0.260 e. The van der Waals surface area contributed by atoms with Gasteiger partial charge in [0.1, 0.15) is 5.82 Å². The monoisotopic (exact) mass is 271 g/mol. The van der Waals surface area contributed by atoms with Crippen molar-refractivity contribution in [3.05, 3.63) is 56.8 Å². The van der Waals surface area contributed by atoms with Crippen LogP contribution in [-0.2, 0) is 6.54 Å². The van der Waals surface area contributed by atoms with E-state index in [1.54, 1.807) is 15.9 Å². The Morgan fingerprint density at radius 2 is 2.16 bits per heavy atom. The van der Waals surface area contributed by atoms with Crippen LogP contribution in [0.2, 0.25) is 0 Å². The second-order valence-corrected chi connectivity index (χ2v) is 5.47. The van der Waals surface area contributed by atoms with Gasteiger partial charge in [-0.2, -0.15) is 0 Å². The van der Waals surface area contributed by atoms with E-state index >= 15 is 0 Å². The maximum absolute atomic E-state index is 12.4. The fourth-order valence-electron chi connectivity index (χ4n) is 2.12. The van der Waals surface area contributed by atoms with Crippen LogP contribution < -0.4 is 11.3 Å². The largest absolute Gasteiger partial charge is 0.385 e. The minimum absolute atomic E-state index is 0.0683. The van der Waals surface area contributed by atoms with Crippen LogP contribution in [0.5, 0.6) is 0 Å². The van der Waals surface area contributed by atoms with E-state index in [-0.39, 0.29) is 5.56 Å². The Hall–Kier alpha value is -2.14. The highest BCUT2D eigenvalue weighted by molar-refractivity contribution is 7.09. The summed E-state index contributed by atoms with van der Waals surface area (Å²) >= 11 is 1.57. The van der Waals surface area contributed by atoms with Gasteiger partial charge in [-0.3, -0.25) is 9.36 Å². The normalized spacial score (nSPS) is 11.0. The van der Waals surface area contributed by atoms with Crippen molar-refractivity contribution in [2.45, 2.75) is 13.5 Å². The van der Waals surface area contributed by atoms with E-state index in [1.807, 2.05) is 42.6 Å². The molecule has 3 rings (SSSR count). The molecule has 2 aromatic heterocycles. The van der Waals surface area contributed by atoms with Crippen LogP contribution in [-0.4, -0.2) is 9.55 Å². The van der Waals surface area contributed by atoms with Crippen LogP contribution in [0.4, 0.5) is 5.82 Å². The van der Waals surface area contributed by atoms with Crippen LogP contribution >= 0.6 is 11.3 Å². The molecule has 19 heavy (non-hydrogen) atoms. The summed E-state index contributed by atoms with van der Waals surface area (Å²) < 4.78 is 1.57. The van der Waals surface area contributed by atoms with E-state index in [4.69, 9.17) is 5.73 Å². The highest BCUT2D eigenvalue weighted by atomic mass is 32.1. The summed E-state index contributed by atoms with van der Waals surface area (Å²) in [5.41, 5.74) is 6.78. The second-order valence-electron chi connectivity index (χ2n) is 4.41. The molecular formula is C14H13N3OS. The first kappa shape index (κ1) is 11.9. The van der Waals surface area contributed by atoms with Gasteiger partial charge in [-0.1, -0.05) is 18.2 Å². The molecule has 0 atom stereocenters. The van der Waals surface area contributed by atoms with Gasteiger partial charge in [0.05, 0.1) is 17.2 Å². The first-order valence-electron chi connectivity index (χ1n) is 5.94. The number of benzene rings is 1. The molecule has 0 aliphatic rings. The van der Waals surface area contributed by atoms with Crippen molar-refractivity contribution in [1.29, 1.82) is 0 Å². The lowest BCUT2D eigenvalue weighted by Gasteiger charge is -2.09. The van der Waals surface area contributed by atoms with E-state index in [2.05, 4.69) is 4.98 Å². The molecule has 0 radical (unpaired) electrons. The first-order chi connectivity index (χ1) is 9.15. The number of hydrogen-bond donors (Lipinski definition) is 1. The van der Waals surface area contributed by atoms with E-state index in [9.17, 15) is 4.79 Å². The Kier molecular flexibility index (Phi) is 2.83. The molecule has 5 heteroatoms. The molecule has 2 N–H and O–H groups in total. The molecule has 1 aromatic carbocycles. The minimum Gasteiger partial charge on any atom is -0.385 e. The van der Waals surface area contributed by atoms with Crippen LogP contribution in [0.3, 0.4) is 0 Å². The van der Waals surface area contributed by atoms with Crippen molar-refractivity contribution in [3.8, 4) is 0 Å². The van der Waals surface area contributed by atoms with Crippen LogP contribution in [0.1, 0.15) is 10.7 Å². The number of fused-ring (bicyclic) bond motifs is 1. The molecule has 0 aliphatic carbocycles. The molecule has 3 aromatic rings. The molecule has 0 fully saturated rings. The fraction of sp³-hybridized carbons (Fsp3) is 0.143. The summed E-state index contributed by atoms with van der Waals surface area (Å²) in [5, 5.41) is 4.50. The second kappa shape index (κ2) is 4.51. The summed E-state index contributed by atoms with van der Waals surface area (Å²) in [6, 6.07) is 9.30. The SMILES string of the molecule is Cc1nc(Cn2c(N)cc3ccccc3c2=O)cs1. The zero-order valence-electron chi connectivity index (χ0n) is 10.5. The average Bonchev–Trinajstić information content (AvgIpc) is 2.80. The molecule has 0 unspecified atom stereocenters. The quantitative estimate of drug-likeness (QED) is 0.778. The van der Waals surface area contributed by atoms with Gasteiger partial charge in [0.15, 0.2) is 0 Å². The number of aromatic nitrogens is 2. The van der Waals surface area contributed by atoms with Gasteiger partial charge in [0, 0.05) is 10.8 Å². The van der Waals surface area contributed by atoms with Gasteiger partial charge in [-0.05, 0) is 24.4 Å². The van der Waals surface area contributed by atoms with Crippen molar-refractivity contribution >= 4 is 27.9 Å². The Labute approximate surface area is 114 Å².